The first kappa shape index (κ1) is 13.6. The van der Waals surface area contributed by atoms with Crippen LogP contribution in [-0.2, 0) is 6.42 Å². The number of hydrogen-bond acceptors (Lipinski definition) is 3. The van der Waals surface area contributed by atoms with Crippen molar-refractivity contribution in [3.63, 3.8) is 0 Å². The molecule has 0 saturated heterocycles. The summed E-state index contributed by atoms with van der Waals surface area (Å²) in [4.78, 5) is 11.4. The highest BCUT2D eigenvalue weighted by Gasteiger charge is 2.24. The number of nitrogens with zero attached hydrogens (tertiary/aromatic N) is 1. The van der Waals surface area contributed by atoms with Crippen molar-refractivity contribution >= 4 is 17.6 Å². The van der Waals surface area contributed by atoms with Crippen LogP contribution < -0.4 is 0 Å². The first-order chi connectivity index (χ1) is 9.00. The largest absolute Gasteiger partial charge is 0.477 e. The van der Waals surface area contributed by atoms with Crippen LogP contribution in [0, 0.1) is 5.92 Å². The molecule has 100 valence electrons. The van der Waals surface area contributed by atoms with Crippen LogP contribution in [0.5, 0.6) is 0 Å². The Balaban J connectivity index is 2.56. The minimum Gasteiger partial charge on any atom is -0.477 e. The van der Waals surface area contributed by atoms with Crippen LogP contribution in [0.4, 0.5) is 0 Å². The third-order valence-corrected chi connectivity index (χ3v) is 3.03. The minimum atomic E-state index is -1.05. The number of rotatable bonds is 4. The predicted molar refractivity (Wildman–Crippen MR) is 72.5 cm³/mol. The van der Waals surface area contributed by atoms with Gasteiger partial charge >= 0.3 is 5.97 Å². The Labute approximate surface area is 116 Å². The van der Waals surface area contributed by atoms with E-state index in [0.29, 0.717) is 22.8 Å². The zero-order valence-electron chi connectivity index (χ0n) is 10.7. The van der Waals surface area contributed by atoms with Crippen LogP contribution in [0.25, 0.3) is 11.3 Å². The molecule has 2 rings (SSSR count). The van der Waals surface area contributed by atoms with Gasteiger partial charge in [0.2, 0.25) is 0 Å². The monoisotopic (exact) mass is 279 g/mol. The van der Waals surface area contributed by atoms with E-state index in [1.807, 2.05) is 13.8 Å². The third kappa shape index (κ3) is 2.79. The molecule has 0 unspecified atom stereocenters. The molecule has 0 aliphatic rings. The van der Waals surface area contributed by atoms with Gasteiger partial charge < -0.3 is 9.63 Å². The van der Waals surface area contributed by atoms with Crippen molar-refractivity contribution in [2.75, 3.05) is 0 Å². The fourth-order valence-electron chi connectivity index (χ4n) is 1.89. The molecule has 2 aromatic rings. The van der Waals surface area contributed by atoms with Crippen molar-refractivity contribution in [2.45, 2.75) is 20.3 Å². The predicted octanol–water partition coefficient (Wildman–Crippen LogP) is 3.89. The Hall–Kier alpha value is -1.81. The van der Waals surface area contributed by atoms with Gasteiger partial charge in [-0.15, -0.1) is 0 Å². The summed E-state index contributed by atoms with van der Waals surface area (Å²) < 4.78 is 5.19. The molecule has 0 fully saturated rings. The van der Waals surface area contributed by atoms with E-state index in [1.54, 1.807) is 24.3 Å². The van der Waals surface area contributed by atoms with Gasteiger partial charge in [0.05, 0.1) is 5.02 Å². The van der Waals surface area contributed by atoms with Crippen LogP contribution >= 0.6 is 11.6 Å². The van der Waals surface area contributed by atoms with Gasteiger partial charge in [0.25, 0.3) is 0 Å². The summed E-state index contributed by atoms with van der Waals surface area (Å²) in [5.41, 5.74) is 0.955. The van der Waals surface area contributed by atoms with Crippen molar-refractivity contribution < 1.29 is 14.4 Å². The number of carboxylic acid groups (broad SMARTS) is 1. The molecule has 0 atom stereocenters. The fraction of sp³-hybridized carbons (Fsp3) is 0.286. The zero-order chi connectivity index (χ0) is 14.0. The lowest BCUT2D eigenvalue weighted by Crippen LogP contribution is -2.04. The van der Waals surface area contributed by atoms with Gasteiger partial charge in [-0.05, 0) is 12.0 Å². The minimum absolute atomic E-state index is 0.0989. The van der Waals surface area contributed by atoms with Gasteiger partial charge in [-0.2, -0.15) is 0 Å². The van der Waals surface area contributed by atoms with Gasteiger partial charge in [-0.1, -0.05) is 48.8 Å². The highest BCUT2D eigenvalue weighted by molar-refractivity contribution is 6.33. The van der Waals surface area contributed by atoms with Crippen molar-refractivity contribution in [1.29, 1.82) is 0 Å². The Morgan fingerprint density at radius 2 is 2.11 bits per heavy atom. The molecule has 0 spiro atoms. The smallest absolute Gasteiger partial charge is 0.341 e. The van der Waals surface area contributed by atoms with Crippen LogP contribution in [-0.4, -0.2) is 16.2 Å². The topological polar surface area (TPSA) is 63.3 Å². The maximum atomic E-state index is 11.4. The summed E-state index contributed by atoms with van der Waals surface area (Å²) in [5, 5.41) is 13.7. The highest BCUT2D eigenvalue weighted by atomic mass is 35.5. The lowest BCUT2D eigenvalue weighted by Gasteiger charge is -2.03. The van der Waals surface area contributed by atoms with Gasteiger partial charge in [-0.3, -0.25) is 0 Å². The number of hydrogen-bond donors (Lipinski definition) is 1. The summed E-state index contributed by atoms with van der Waals surface area (Å²) in [5.74, 6) is -0.380. The first-order valence-electron chi connectivity index (χ1n) is 5.97. The molecule has 0 saturated carbocycles. The van der Waals surface area contributed by atoms with Gasteiger partial charge in [0.1, 0.15) is 11.3 Å². The van der Waals surface area contributed by atoms with Crippen LogP contribution in [0.1, 0.15) is 30.0 Å². The molecule has 1 N–H and O–H groups in total. The molecule has 5 heteroatoms. The molecule has 19 heavy (non-hydrogen) atoms. The molecule has 0 bridgehead atoms. The second kappa shape index (κ2) is 5.45. The van der Waals surface area contributed by atoms with E-state index >= 15 is 0 Å². The zero-order valence-corrected chi connectivity index (χ0v) is 11.4. The Morgan fingerprint density at radius 3 is 2.68 bits per heavy atom. The van der Waals surface area contributed by atoms with E-state index in [0.717, 1.165) is 0 Å². The molecule has 0 aliphatic heterocycles. The number of halogens is 1. The first-order valence-corrected chi connectivity index (χ1v) is 6.35. The Morgan fingerprint density at radius 1 is 1.42 bits per heavy atom. The second-order valence-electron chi connectivity index (χ2n) is 4.71. The van der Waals surface area contributed by atoms with E-state index in [1.165, 1.54) is 0 Å². The molecule has 1 aromatic carbocycles. The summed E-state index contributed by atoms with van der Waals surface area (Å²) in [7, 11) is 0. The maximum Gasteiger partial charge on any atom is 0.341 e. The molecule has 0 aliphatic carbocycles. The lowest BCUT2D eigenvalue weighted by molar-refractivity contribution is 0.0695. The van der Waals surface area contributed by atoms with E-state index in [-0.39, 0.29) is 17.2 Å². The maximum absolute atomic E-state index is 11.4. The fourth-order valence-corrected chi connectivity index (χ4v) is 2.12. The average molecular weight is 280 g/mol. The molecule has 1 heterocycles. The number of aromatic nitrogens is 1. The molecule has 0 amide bonds. The quantitative estimate of drug-likeness (QED) is 0.922. The molecule has 0 radical (unpaired) electrons. The number of benzene rings is 1. The number of carbonyl (C=O) groups is 1. The highest BCUT2D eigenvalue weighted by Crippen LogP contribution is 2.31. The van der Waals surface area contributed by atoms with Gasteiger partial charge in [-0.25, -0.2) is 4.79 Å². The standard InChI is InChI=1S/C14H14ClNO3/c1-8(2)7-11-12(14(17)18)13(16-19-11)9-5-3-4-6-10(9)15/h3-6,8H,7H2,1-2H3,(H,17,18). The molecular weight excluding hydrogens is 266 g/mol. The average Bonchev–Trinajstić information content (AvgIpc) is 2.72. The Kier molecular flexibility index (Phi) is 3.90. The second-order valence-corrected chi connectivity index (χ2v) is 5.12. The van der Waals surface area contributed by atoms with Crippen molar-refractivity contribution in [2.24, 2.45) is 5.92 Å². The van der Waals surface area contributed by atoms with E-state index in [2.05, 4.69) is 5.16 Å². The lowest BCUT2D eigenvalue weighted by atomic mass is 10.0. The summed E-state index contributed by atoms with van der Waals surface area (Å²) in [6.45, 7) is 3.98. The summed E-state index contributed by atoms with van der Waals surface area (Å²) >= 11 is 6.08. The van der Waals surface area contributed by atoms with E-state index in [4.69, 9.17) is 16.1 Å². The van der Waals surface area contributed by atoms with Crippen molar-refractivity contribution in [3.05, 3.63) is 40.6 Å². The van der Waals surface area contributed by atoms with Gasteiger partial charge in [0, 0.05) is 12.0 Å². The van der Waals surface area contributed by atoms with E-state index < -0.39 is 5.97 Å². The number of carboxylic acids is 1. The van der Waals surface area contributed by atoms with E-state index in [9.17, 15) is 9.90 Å². The summed E-state index contributed by atoms with van der Waals surface area (Å²) in [6, 6.07) is 6.98. The van der Waals surface area contributed by atoms with Crippen molar-refractivity contribution in [3.8, 4) is 11.3 Å². The SMILES string of the molecule is CC(C)Cc1onc(-c2ccccc2Cl)c1C(=O)O. The summed E-state index contributed by atoms with van der Waals surface area (Å²) in [6.07, 6.45) is 0.527. The normalized spacial score (nSPS) is 10.9. The third-order valence-electron chi connectivity index (χ3n) is 2.70. The molecule has 4 nitrogen and oxygen atoms in total. The molecular formula is C14H14ClNO3. The van der Waals surface area contributed by atoms with Crippen LogP contribution in [0.2, 0.25) is 5.02 Å². The Bertz CT molecular complexity index is 604. The van der Waals surface area contributed by atoms with Crippen molar-refractivity contribution in [1.82, 2.24) is 5.16 Å². The number of aromatic carboxylic acids is 1. The van der Waals surface area contributed by atoms with Crippen LogP contribution in [0.15, 0.2) is 28.8 Å². The van der Waals surface area contributed by atoms with Gasteiger partial charge in [0.15, 0.2) is 5.76 Å². The molecule has 1 aromatic heterocycles. The van der Waals surface area contributed by atoms with Crippen LogP contribution in [0.3, 0.4) is 0 Å².